The zero-order valence-electron chi connectivity index (χ0n) is 17.3. The van der Waals surface area contributed by atoms with Gasteiger partial charge in [0.25, 0.3) is 0 Å². The lowest BCUT2D eigenvalue weighted by molar-refractivity contribution is 0.0727. The Morgan fingerprint density at radius 3 is 2.19 bits per heavy atom. The highest BCUT2D eigenvalue weighted by molar-refractivity contribution is 5.31. The SMILES string of the molecule is CCOc1ccc(C2CCC3CC(C4CCC(C)CC4)CCC3C2)c(F)c1. The van der Waals surface area contributed by atoms with Crippen LogP contribution >= 0.6 is 0 Å². The molecular weight excluding hydrogens is 335 g/mol. The Morgan fingerprint density at radius 1 is 0.852 bits per heavy atom. The smallest absolute Gasteiger partial charge is 0.130 e. The lowest BCUT2D eigenvalue weighted by Gasteiger charge is -2.45. The van der Waals surface area contributed by atoms with Gasteiger partial charge in [-0.2, -0.15) is 0 Å². The third-order valence-electron chi connectivity index (χ3n) is 8.10. The number of hydrogen-bond acceptors (Lipinski definition) is 1. The number of rotatable bonds is 4. The van der Waals surface area contributed by atoms with Gasteiger partial charge < -0.3 is 4.74 Å². The van der Waals surface area contributed by atoms with Crippen molar-refractivity contribution in [1.29, 1.82) is 0 Å². The summed E-state index contributed by atoms with van der Waals surface area (Å²) in [6.07, 6.45) is 13.8. The van der Waals surface area contributed by atoms with Crippen LogP contribution < -0.4 is 4.74 Å². The summed E-state index contributed by atoms with van der Waals surface area (Å²) in [4.78, 5) is 0. The van der Waals surface area contributed by atoms with Gasteiger partial charge in [0.15, 0.2) is 0 Å². The van der Waals surface area contributed by atoms with E-state index in [2.05, 4.69) is 6.92 Å². The molecule has 1 aromatic carbocycles. The van der Waals surface area contributed by atoms with Crippen molar-refractivity contribution in [3.63, 3.8) is 0 Å². The Kier molecular flexibility index (Phi) is 6.09. The number of halogens is 1. The quantitative estimate of drug-likeness (QED) is 0.537. The minimum absolute atomic E-state index is 0.0607. The highest BCUT2D eigenvalue weighted by atomic mass is 19.1. The van der Waals surface area contributed by atoms with Crippen molar-refractivity contribution in [2.45, 2.75) is 84.0 Å². The minimum atomic E-state index is -0.0607. The highest BCUT2D eigenvalue weighted by Gasteiger charge is 2.39. The minimum Gasteiger partial charge on any atom is -0.494 e. The standard InChI is InChI=1S/C25H37FO/c1-3-27-23-12-13-24(25(26)16-23)22-11-10-20-14-19(8-9-21(20)15-22)18-6-4-17(2)5-7-18/h12-13,16-22H,3-11,14-15H2,1-2H3. The van der Waals surface area contributed by atoms with Gasteiger partial charge in [-0.1, -0.05) is 25.8 Å². The Hall–Kier alpha value is -1.05. The predicted octanol–water partition coefficient (Wildman–Crippen LogP) is 7.35. The molecule has 4 rings (SSSR count). The normalized spacial score (nSPS) is 36.9. The lowest BCUT2D eigenvalue weighted by atomic mass is 9.60. The molecule has 0 radical (unpaired) electrons. The fourth-order valence-corrected chi connectivity index (χ4v) is 6.49. The fraction of sp³-hybridized carbons (Fsp3) is 0.760. The molecule has 0 heterocycles. The first-order valence-electron chi connectivity index (χ1n) is 11.6. The predicted molar refractivity (Wildman–Crippen MR) is 110 cm³/mol. The van der Waals surface area contributed by atoms with E-state index in [1.54, 1.807) is 6.07 Å². The molecule has 1 aromatic rings. The van der Waals surface area contributed by atoms with Crippen molar-refractivity contribution >= 4 is 0 Å². The number of benzene rings is 1. The maximum absolute atomic E-state index is 14.6. The molecule has 2 heteroatoms. The average Bonchev–Trinajstić information content (AvgIpc) is 2.68. The second kappa shape index (κ2) is 8.53. The maximum atomic E-state index is 14.6. The largest absolute Gasteiger partial charge is 0.494 e. The van der Waals surface area contributed by atoms with Crippen molar-refractivity contribution in [1.82, 2.24) is 0 Å². The zero-order valence-corrected chi connectivity index (χ0v) is 17.3. The first-order valence-corrected chi connectivity index (χ1v) is 11.6. The fourth-order valence-electron chi connectivity index (χ4n) is 6.49. The van der Waals surface area contributed by atoms with E-state index in [4.69, 9.17) is 4.74 Å². The average molecular weight is 373 g/mol. The summed E-state index contributed by atoms with van der Waals surface area (Å²) in [5.41, 5.74) is 0.931. The summed E-state index contributed by atoms with van der Waals surface area (Å²) >= 11 is 0. The molecule has 0 bridgehead atoms. The van der Waals surface area contributed by atoms with E-state index in [1.165, 1.54) is 64.2 Å². The summed E-state index contributed by atoms with van der Waals surface area (Å²) in [5, 5.41) is 0. The molecule has 27 heavy (non-hydrogen) atoms. The summed E-state index contributed by atoms with van der Waals surface area (Å²) in [6, 6.07) is 5.53. The van der Waals surface area contributed by atoms with Crippen LogP contribution in [0.2, 0.25) is 0 Å². The van der Waals surface area contributed by atoms with E-state index in [9.17, 15) is 4.39 Å². The van der Waals surface area contributed by atoms with Crippen LogP contribution in [0.25, 0.3) is 0 Å². The zero-order chi connectivity index (χ0) is 18.8. The first kappa shape index (κ1) is 19.3. The third-order valence-corrected chi connectivity index (χ3v) is 8.10. The third kappa shape index (κ3) is 4.35. The summed E-state index contributed by atoms with van der Waals surface area (Å²) in [5.74, 6) is 5.69. The van der Waals surface area contributed by atoms with Crippen LogP contribution in [0.4, 0.5) is 4.39 Å². The topological polar surface area (TPSA) is 9.23 Å². The van der Waals surface area contributed by atoms with Crippen LogP contribution in [0.5, 0.6) is 5.75 Å². The van der Waals surface area contributed by atoms with E-state index < -0.39 is 0 Å². The van der Waals surface area contributed by atoms with Crippen molar-refractivity contribution in [3.8, 4) is 5.75 Å². The summed E-state index contributed by atoms with van der Waals surface area (Å²) < 4.78 is 20.1. The highest BCUT2D eigenvalue weighted by Crippen LogP contribution is 2.51. The van der Waals surface area contributed by atoms with Gasteiger partial charge >= 0.3 is 0 Å². The molecule has 0 N–H and O–H groups in total. The van der Waals surface area contributed by atoms with Crippen molar-refractivity contribution in [3.05, 3.63) is 29.6 Å². The molecule has 0 amide bonds. The van der Waals surface area contributed by atoms with Crippen LogP contribution in [-0.4, -0.2) is 6.61 Å². The van der Waals surface area contributed by atoms with Crippen LogP contribution in [0.3, 0.4) is 0 Å². The molecule has 0 aromatic heterocycles. The maximum Gasteiger partial charge on any atom is 0.130 e. The van der Waals surface area contributed by atoms with Crippen LogP contribution in [0.15, 0.2) is 18.2 Å². The Morgan fingerprint density at radius 2 is 1.48 bits per heavy atom. The molecule has 0 spiro atoms. The first-order chi connectivity index (χ1) is 13.1. The van der Waals surface area contributed by atoms with Crippen LogP contribution in [0.1, 0.15) is 89.5 Å². The Balaban J connectivity index is 1.35. The van der Waals surface area contributed by atoms with Gasteiger partial charge in [-0.15, -0.1) is 0 Å². The molecule has 3 saturated carbocycles. The van der Waals surface area contributed by atoms with Gasteiger partial charge in [-0.25, -0.2) is 4.39 Å². The molecule has 0 aliphatic heterocycles. The van der Waals surface area contributed by atoms with E-state index in [-0.39, 0.29) is 5.82 Å². The van der Waals surface area contributed by atoms with Crippen molar-refractivity contribution < 1.29 is 9.13 Å². The number of ether oxygens (including phenoxy) is 1. The molecule has 150 valence electrons. The van der Waals surface area contributed by atoms with Gasteiger partial charge in [0.1, 0.15) is 11.6 Å². The monoisotopic (exact) mass is 372 g/mol. The summed E-state index contributed by atoms with van der Waals surface area (Å²) in [7, 11) is 0. The molecule has 3 aliphatic carbocycles. The Labute approximate surface area is 165 Å². The summed E-state index contributed by atoms with van der Waals surface area (Å²) in [6.45, 7) is 4.96. The van der Waals surface area contributed by atoms with Gasteiger partial charge in [-0.3, -0.25) is 0 Å². The van der Waals surface area contributed by atoms with Gasteiger partial charge in [0.05, 0.1) is 6.61 Å². The molecular formula is C25H37FO. The van der Waals surface area contributed by atoms with Gasteiger partial charge in [0.2, 0.25) is 0 Å². The second-order valence-corrected chi connectivity index (χ2v) is 9.74. The van der Waals surface area contributed by atoms with Gasteiger partial charge in [-0.05, 0) is 105 Å². The molecule has 3 fully saturated rings. The lowest BCUT2D eigenvalue weighted by Crippen LogP contribution is -2.34. The molecule has 1 nitrogen and oxygen atoms in total. The van der Waals surface area contributed by atoms with Gasteiger partial charge in [0, 0.05) is 6.07 Å². The van der Waals surface area contributed by atoms with E-state index in [0.717, 1.165) is 35.2 Å². The van der Waals surface area contributed by atoms with E-state index in [1.807, 2.05) is 19.1 Å². The number of hydrogen-bond donors (Lipinski definition) is 0. The second-order valence-electron chi connectivity index (χ2n) is 9.74. The van der Waals surface area contributed by atoms with Crippen LogP contribution in [-0.2, 0) is 0 Å². The molecule has 4 unspecified atom stereocenters. The van der Waals surface area contributed by atoms with Crippen molar-refractivity contribution in [2.24, 2.45) is 29.6 Å². The Bertz CT molecular complexity index is 619. The van der Waals surface area contributed by atoms with Crippen molar-refractivity contribution in [2.75, 3.05) is 6.61 Å². The van der Waals surface area contributed by atoms with Crippen LogP contribution in [0, 0.1) is 35.4 Å². The molecule has 3 aliphatic rings. The molecule has 0 saturated heterocycles. The number of fused-ring (bicyclic) bond motifs is 1. The van der Waals surface area contributed by atoms with E-state index in [0.29, 0.717) is 18.3 Å². The van der Waals surface area contributed by atoms with E-state index >= 15 is 0 Å². The molecule has 4 atom stereocenters.